The molecule has 6 heteroatoms. The van der Waals surface area contributed by atoms with Crippen LogP contribution in [0.25, 0.3) is 0 Å². The van der Waals surface area contributed by atoms with Crippen molar-refractivity contribution in [3.63, 3.8) is 0 Å². The van der Waals surface area contributed by atoms with E-state index in [1.807, 2.05) is 24.3 Å². The molecule has 1 aliphatic carbocycles. The molecule has 4 amide bonds. The number of carbonyl (C=O) groups is 3. The van der Waals surface area contributed by atoms with Gasteiger partial charge in [-0.05, 0) is 43.4 Å². The number of benzene rings is 1. The SMILES string of the molecule is C/C=C(\Nc1ccc(C(C)C)cc1)[C@@H]1C(=O)NC(=O)N(C2CCCCC2)C1=O. The maximum Gasteiger partial charge on any atom is 0.331 e. The van der Waals surface area contributed by atoms with Crippen molar-refractivity contribution in [2.45, 2.75) is 64.8 Å². The standard InChI is InChI=1S/C22H29N3O3/c1-4-18(23-16-12-10-15(11-13-16)14(2)3)19-20(26)24-22(28)25(21(19)27)17-8-6-5-7-9-17/h4,10-14,17,19,23H,5-9H2,1-3H3,(H,24,26,28)/b18-4-/t19-/m1/s1. The van der Waals surface area contributed by atoms with Crippen LogP contribution in [-0.4, -0.2) is 28.8 Å². The van der Waals surface area contributed by atoms with Gasteiger partial charge in [0.05, 0.1) is 0 Å². The molecule has 0 radical (unpaired) electrons. The van der Waals surface area contributed by atoms with Crippen LogP contribution < -0.4 is 10.6 Å². The Morgan fingerprint density at radius 2 is 1.75 bits per heavy atom. The number of urea groups is 1. The van der Waals surface area contributed by atoms with Crippen molar-refractivity contribution >= 4 is 23.5 Å². The van der Waals surface area contributed by atoms with E-state index >= 15 is 0 Å². The first-order valence-electron chi connectivity index (χ1n) is 10.1. The van der Waals surface area contributed by atoms with Gasteiger partial charge in [-0.25, -0.2) is 4.79 Å². The quantitative estimate of drug-likeness (QED) is 0.749. The third-order valence-electron chi connectivity index (χ3n) is 5.62. The van der Waals surface area contributed by atoms with E-state index in [0.717, 1.165) is 37.8 Å². The van der Waals surface area contributed by atoms with Gasteiger partial charge < -0.3 is 5.32 Å². The number of amides is 4. The predicted molar refractivity (Wildman–Crippen MR) is 109 cm³/mol. The molecule has 2 aliphatic rings. The fourth-order valence-electron chi connectivity index (χ4n) is 3.98. The molecule has 1 saturated heterocycles. The second-order valence-electron chi connectivity index (χ2n) is 7.87. The number of nitrogens with zero attached hydrogens (tertiary/aromatic N) is 1. The topological polar surface area (TPSA) is 78.5 Å². The Hall–Kier alpha value is -2.63. The highest BCUT2D eigenvalue weighted by Crippen LogP contribution is 2.29. The van der Waals surface area contributed by atoms with Crippen LogP contribution in [0.4, 0.5) is 10.5 Å². The molecule has 1 heterocycles. The summed E-state index contributed by atoms with van der Waals surface area (Å²) in [4.78, 5) is 39.3. The molecule has 0 aromatic heterocycles. The van der Waals surface area contributed by atoms with Crippen LogP contribution in [0.2, 0.25) is 0 Å². The molecular weight excluding hydrogens is 354 g/mol. The van der Waals surface area contributed by atoms with Crippen LogP contribution in [0.1, 0.15) is 64.4 Å². The lowest BCUT2D eigenvalue weighted by Gasteiger charge is -2.38. The second kappa shape index (κ2) is 8.59. The molecular formula is C22H29N3O3. The molecule has 1 aromatic carbocycles. The highest BCUT2D eigenvalue weighted by atomic mass is 16.2. The molecule has 1 aliphatic heterocycles. The number of imide groups is 2. The minimum atomic E-state index is -1.03. The summed E-state index contributed by atoms with van der Waals surface area (Å²) in [6.07, 6.45) is 6.45. The van der Waals surface area contributed by atoms with Crippen molar-refractivity contribution in [3.05, 3.63) is 41.6 Å². The first kappa shape index (κ1) is 20.1. The Labute approximate surface area is 166 Å². The number of carbonyl (C=O) groups excluding carboxylic acids is 3. The van der Waals surface area contributed by atoms with E-state index in [0.29, 0.717) is 11.6 Å². The summed E-state index contributed by atoms with van der Waals surface area (Å²) in [6, 6.07) is 7.22. The first-order chi connectivity index (χ1) is 13.4. The van der Waals surface area contributed by atoms with Gasteiger partial charge in [0.25, 0.3) is 0 Å². The van der Waals surface area contributed by atoms with E-state index in [-0.39, 0.29) is 6.04 Å². The van der Waals surface area contributed by atoms with Gasteiger partial charge in [-0.1, -0.05) is 51.3 Å². The van der Waals surface area contributed by atoms with Crippen molar-refractivity contribution in [1.82, 2.24) is 10.2 Å². The van der Waals surface area contributed by atoms with Gasteiger partial charge in [0.1, 0.15) is 0 Å². The van der Waals surface area contributed by atoms with Crippen LogP contribution in [0, 0.1) is 5.92 Å². The molecule has 1 aromatic rings. The molecule has 3 rings (SSSR count). The lowest BCUT2D eigenvalue weighted by Crippen LogP contribution is -2.61. The van der Waals surface area contributed by atoms with Gasteiger partial charge in [0.2, 0.25) is 11.8 Å². The lowest BCUT2D eigenvalue weighted by atomic mass is 9.91. The number of allylic oxidation sites excluding steroid dienone is 1. The molecule has 0 spiro atoms. The van der Waals surface area contributed by atoms with Gasteiger partial charge in [-0.3, -0.25) is 19.8 Å². The number of rotatable bonds is 5. The highest BCUT2D eigenvalue weighted by Gasteiger charge is 2.45. The minimum Gasteiger partial charge on any atom is -0.358 e. The van der Waals surface area contributed by atoms with Crippen molar-refractivity contribution < 1.29 is 14.4 Å². The van der Waals surface area contributed by atoms with Crippen LogP contribution in [-0.2, 0) is 9.59 Å². The zero-order valence-electron chi connectivity index (χ0n) is 16.8. The molecule has 2 fully saturated rings. The lowest BCUT2D eigenvalue weighted by molar-refractivity contribution is -0.142. The molecule has 0 unspecified atom stereocenters. The normalized spacial score (nSPS) is 21.9. The van der Waals surface area contributed by atoms with E-state index in [4.69, 9.17) is 0 Å². The summed E-state index contributed by atoms with van der Waals surface area (Å²) in [6.45, 7) is 6.04. The Bertz CT molecular complexity index is 777. The van der Waals surface area contributed by atoms with Crippen LogP contribution in [0.15, 0.2) is 36.0 Å². The summed E-state index contributed by atoms with van der Waals surface area (Å²) >= 11 is 0. The second-order valence-corrected chi connectivity index (χ2v) is 7.87. The van der Waals surface area contributed by atoms with Crippen LogP contribution in [0.3, 0.4) is 0 Å². The number of anilines is 1. The van der Waals surface area contributed by atoms with Crippen LogP contribution in [0.5, 0.6) is 0 Å². The first-order valence-corrected chi connectivity index (χ1v) is 10.1. The average Bonchev–Trinajstić information content (AvgIpc) is 2.68. The van der Waals surface area contributed by atoms with E-state index in [9.17, 15) is 14.4 Å². The monoisotopic (exact) mass is 383 g/mol. The number of hydrogen-bond acceptors (Lipinski definition) is 4. The maximum absolute atomic E-state index is 13.1. The largest absolute Gasteiger partial charge is 0.358 e. The molecule has 6 nitrogen and oxygen atoms in total. The Morgan fingerprint density at radius 3 is 2.32 bits per heavy atom. The minimum absolute atomic E-state index is 0.125. The Morgan fingerprint density at radius 1 is 1.11 bits per heavy atom. The predicted octanol–water partition coefficient (Wildman–Crippen LogP) is 4.15. The molecule has 2 N–H and O–H groups in total. The van der Waals surface area contributed by atoms with E-state index in [1.165, 1.54) is 10.5 Å². The van der Waals surface area contributed by atoms with Crippen molar-refractivity contribution in [1.29, 1.82) is 0 Å². The molecule has 28 heavy (non-hydrogen) atoms. The number of nitrogens with one attached hydrogen (secondary N) is 2. The van der Waals surface area contributed by atoms with E-state index in [2.05, 4.69) is 24.5 Å². The maximum atomic E-state index is 13.1. The van der Waals surface area contributed by atoms with Crippen molar-refractivity contribution in [2.24, 2.45) is 5.92 Å². The van der Waals surface area contributed by atoms with Crippen LogP contribution >= 0.6 is 0 Å². The fourth-order valence-corrected chi connectivity index (χ4v) is 3.98. The number of hydrogen-bond donors (Lipinski definition) is 2. The average molecular weight is 383 g/mol. The summed E-state index contributed by atoms with van der Waals surface area (Å²) in [7, 11) is 0. The van der Waals surface area contributed by atoms with Gasteiger partial charge in [-0.2, -0.15) is 0 Å². The third kappa shape index (κ3) is 4.11. The summed E-state index contributed by atoms with van der Waals surface area (Å²) in [5.74, 6) is -1.60. The van der Waals surface area contributed by atoms with E-state index in [1.54, 1.807) is 13.0 Å². The Kier molecular flexibility index (Phi) is 6.17. The molecule has 0 bridgehead atoms. The smallest absolute Gasteiger partial charge is 0.331 e. The zero-order valence-corrected chi connectivity index (χ0v) is 16.8. The van der Waals surface area contributed by atoms with Crippen molar-refractivity contribution in [3.8, 4) is 0 Å². The third-order valence-corrected chi connectivity index (χ3v) is 5.62. The van der Waals surface area contributed by atoms with E-state index < -0.39 is 23.8 Å². The molecule has 150 valence electrons. The summed E-state index contributed by atoms with van der Waals surface area (Å²) < 4.78 is 0. The van der Waals surface area contributed by atoms with Gasteiger partial charge in [0, 0.05) is 17.4 Å². The summed E-state index contributed by atoms with van der Waals surface area (Å²) in [5, 5.41) is 5.58. The Balaban J connectivity index is 1.80. The number of barbiturate groups is 1. The van der Waals surface area contributed by atoms with Gasteiger partial charge in [-0.15, -0.1) is 0 Å². The molecule has 1 atom stereocenters. The summed E-state index contributed by atoms with van der Waals surface area (Å²) in [5.41, 5.74) is 2.51. The fraction of sp³-hybridized carbons (Fsp3) is 0.500. The zero-order chi connectivity index (χ0) is 20.3. The highest BCUT2D eigenvalue weighted by molar-refractivity contribution is 6.18. The van der Waals surface area contributed by atoms with Crippen molar-refractivity contribution in [2.75, 3.05) is 5.32 Å². The van der Waals surface area contributed by atoms with Gasteiger partial charge >= 0.3 is 6.03 Å². The molecule has 1 saturated carbocycles. The van der Waals surface area contributed by atoms with Gasteiger partial charge in [0.15, 0.2) is 5.92 Å².